The molecule has 1 aliphatic carbocycles. The summed E-state index contributed by atoms with van der Waals surface area (Å²) in [6, 6.07) is 0.693. The third-order valence-electron chi connectivity index (χ3n) is 5.01. The second-order valence-electron chi connectivity index (χ2n) is 7.64. The number of nitrogens with zero attached hydrogens (tertiary/aromatic N) is 1. The fraction of sp³-hybridized carbons (Fsp3) is 1.00. The Hall–Kier alpha value is -0.120. The van der Waals surface area contributed by atoms with E-state index >= 15 is 0 Å². The summed E-state index contributed by atoms with van der Waals surface area (Å²) in [7, 11) is 6.16. The van der Waals surface area contributed by atoms with E-state index in [0.29, 0.717) is 11.5 Å². The maximum Gasteiger partial charge on any atom is 0.0474 e. The van der Waals surface area contributed by atoms with Gasteiger partial charge in [0.05, 0.1) is 0 Å². The molecule has 3 nitrogen and oxygen atoms in total. The van der Waals surface area contributed by atoms with Crippen LogP contribution in [0.4, 0.5) is 0 Å². The highest BCUT2D eigenvalue weighted by Gasteiger charge is 2.35. The quantitative estimate of drug-likeness (QED) is 0.727. The molecule has 3 atom stereocenters. The number of hydrogen-bond donors (Lipinski definition) is 1. The fourth-order valence-electron chi connectivity index (χ4n) is 3.60. The van der Waals surface area contributed by atoms with Crippen LogP contribution < -0.4 is 5.32 Å². The zero-order valence-corrected chi connectivity index (χ0v) is 14.5. The van der Waals surface area contributed by atoms with E-state index in [1.165, 1.54) is 25.8 Å². The Morgan fingerprint density at radius 3 is 2.50 bits per heavy atom. The molecule has 0 bridgehead atoms. The van der Waals surface area contributed by atoms with Crippen molar-refractivity contribution < 1.29 is 4.74 Å². The largest absolute Gasteiger partial charge is 0.385 e. The van der Waals surface area contributed by atoms with Crippen molar-refractivity contribution in [1.82, 2.24) is 10.2 Å². The average molecular weight is 284 g/mol. The molecule has 3 unspecified atom stereocenters. The minimum absolute atomic E-state index is 0.450. The van der Waals surface area contributed by atoms with Crippen molar-refractivity contribution in [3.05, 3.63) is 0 Å². The first-order valence-corrected chi connectivity index (χ1v) is 8.23. The van der Waals surface area contributed by atoms with Crippen LogP contribution in [0.25, 0.3) is 0 Å². The molecular formula is C17H36N2O. The van der Waals surface area contributed by atoms with Gasteiger partial charge in [-0.05, 0) is 57.0 Å². The molecule has 120 valence electrons. The Labute approximate surface area is 126 Å². The van der Waals surface area contributed by atoms with Gasteiger partial charge in [-0.15, -0.1) is 0 Å². The SMILES string of the molecule is CNC1CCC(C(C)(C)C)CC1CN(C)CCCOC. The number of nitrogens with one attached hydrogen (secondary N) is 1. The van der Waals surface area contributed by atoms with E-state index in [-0.39, 0.29) is 0 Å². The standard InChI is InChI=1S/C17H36N2O/c1-17(2,3)15-8-9-16(18-4)14(12-15)13-19(5)10-7-11-20-6/h14-16,18H,7-13H2,1-6H3. The predicted octanol–water partition coefficient (Wildman–Crippen LogP) is 3.01. The first kappa shape index (κ1) is 17.9. The molecule has 0 aromatic heterocycles. The summed E-state index contributed by atoms with van der Waals surface area (Å²) in [5.74, 6) is 1.65. The lowest BCUT2D eigenvalue weighted by Crippen LogP contribution is -2.46. The Bertz CT molecular complexity index is 262. The van der Waals surface area contributed by atoms with E-state index < -0.39 is 0 Å². The molecule has 0 spiro atoms. The van der Waals surface area contributed by atoms with Gasteiger partial charge in [-0.25, -0.2) is 0 Å². The Balaban J connectivity index is 2.49. The average Bonchev–Trinajstić information content (AvgIpc) is 2.38. The first-order valence-electron chi connectivity index (χ1n) is 8.23. The van der Waals surface area contributed by atoms with Crippen molar-refractivity contribution in [2.45, 2.75) is 52.5 Å². The molecule has 0 amide bonds. The predicted molar refractivity (Wildman–Crippen MR) is 87.1 cm³/mol. The lowest BCUT2D eigenvalue weighted by molar-refractivity contribution is 0.0930. The molecule has 0 aliphatic heterocycles. The molecule has 1 N–H and O–H groups in total. The summed E-state index contributed by atoms with van der Waals surface area (Å²) in [4.78, 5) is 2.49. The zero-order valence-electron chi connectivity index (χ0n) is 14.5. The second kappa shape index (κ2) is 8.35. The molecule has 0 aromatic rings. The van der Waals surface area contributed by atoms with E-state index in [4.69, 9.17) is 4.74 Å². The monoisotopic (exact) mass is 284 g/mol. The van der Waals surface area contributed by atoms with Gasteiger partial charge in [0, 0.05) is 32.8 Å². The molecule has 3 heteroatoms. The number of rotatable bonds is 7. The highest BCUT2D eigenvalue weighted by atomic mass is 16.5. The highest BCUT2D eigenvalue weighted by molar-refractivity contribution is 4.89. The molecule has 1 saturated carbocycles. The normalized spacial score (nSPS) is 28.1. The molecule has 0 aromatic carbocycles. The number of hydrogen-bond acceptors (Lipinski definition) is 3. The van der Waals surface area contributed by atoms with E-state index in [9.17, 15) is 0 Å². The van der Waals surface area contributed by atoms with Crippen molar-refractivity contribution >= 4 is 0 Å². The summed E-state index contributed by atoms with van der Waals surface area (Å²) in [6.07, 6.45) is 5.20. The zero-order chi connectivity index (χ0) is 15.2. The summed E-state index contributed by atoms with van der Waals surface area (Å²) >= 11 is 0. The summed E-state index contributed by atoms with van der Waals surface area (Å²) in [6.45, 7) is 10.4. The Morgan fingerprint density at radius 2 is 1.95 bits per heavy atom. The second-order valence-corrected chi connectivity index (χ2v) is 7.64. The molecule has 1 aliphatic rings. The van der Waals surface area contributed by atoms with E-state index in [1.54, 1.807) is 7.11 Å². The molecule has 0 saturated heterocycles. The summed E-state index contributed by atoms with van der Waals surface area (Å²) in [5, 5.41) is 3.55. The minimum atomic E-state index is 0.450. The first-order chi connectivity index (χ1) is 9.38. The van der Waals surface area contributed by atoms with Gasteiger partial charge < -0.3 is 15.0 Å². The topological polar surface area (TPSA) is 24.5 Å². The van der Waals surface area contributed by atoms with Crippen LogP contribution in [0, 0.1) is 17.3 Å². The van der Waals surface area contributed by atoms with Crippen LogP contribution in [0.3, 0.4) is 0 Å². The van der Waals surface area contributed by atoms with Gasteiger partial charge in [0.25, 0.3) is 0 Å². The fourth-order valence-corrected chi connectivity index (χ4v) is 3.60. The van der Waals surface area contributed by atoms with Crippen molar-refractivity contribution in [1.29, 1.82) is 0 Å². The Kier molecular flexibility index (Phi) is 7.49. The smallest absolute Gasteiger partial charge is 0.0474 e. The van der Waals surface area contributed by atoms with Crippen LogP contribution in [0.1, 0.15) is 46.5 Å². The third kappa shape index (κ3) is 5.71. The van der Waals surface area contributed by atoms with Gasteiger partial charge in [0.2, 0.25) is 0 Å². The van der Waals surface area contributed by atoms with Crippen LogP contribution in [0.5, 0.6) is 0 Å². The van der Waals surface area contributed by atoms with E-state index in [0.717, 1.165) is 31.4 Å². The number of ether oxygens (including phenoxy) is 1. The van der Waals surface area contributed by atoms with Crippen molar-refractivity contribution in [3.8, 4) is 0 Å². The molecule has 0 radical (unpaired) electrons. The molecular weight excluding hydrogens is 248 g/mol. The van der Waals surface area contributed by atoms with E-state index in [1.807, 2.05) is 0 Å². The lowest BCUT2D eigenvalue weighted by Gasteiger charge is -2.43. The van der Waals surface area contributed by atoms with Crippen LogP contribution in [-0.4, -0.2) is 51.8 Å². The van der Waals surface area contributed by atoms with Gasteiger partial charge in [-0.1, -0.05) is 20.8 Å². The summed E-state index contributed by atoms with van der Waals surface area (Å²) in [5.41, 5.74) is 0.450. The lowest BCUT2D eigenvalue weighted by atomic mass is 9.67. The highest BCUT2D eigenvalue weighted by Crippen LogP contribution is 2.40. The molecule has 20 heavy (non-hydrogen) atoms. The van der Waals surface area contributed by atoms with Crippen molar-refractivity contribution in [3.63, 3.8) is 0 Å². The van der Waals surface area contributed by atoms with Crippen LogP contribution >= 0.6 is 0 Å². The van der Waals surface area contributed by atoms with Crippen LogP contribution in [0.15, 0.2) is 0 Å². The van der Waals surface area contributed by atoms with Crippen molar-refractivity contribution in [2.24, 2.45) is 17.3 Å². The Morgan fingerprint density at radius 1 is 1.25 bits per heavy atom. The van der Waals surface area contributed by atoms with Gasteiger partial charge in [-0.2, -0.15) is 0 Å². The van der Waals surface area contributed by atoms with Gasteiger partial charge >= 0.3 is 0 Å². The number of methoxy groups -OCH3 is 1. The third-order valence-corrected chi connectivity index (χ3v) is 5.01. The van der Waals surface area contributed by atoms with Gasteiger partial charge in [0.1, 0.15) is 0 Å². The van der Waals surface area contributed by atoms with E-state index in [2.05, 4.69) is 45.1 Å². The molecule has 1 fully saturated rings. The maximum absolute atomic E-state index is 5.15. The minimum Gasteiger partial charge on any atom is -0.385 e. The molecule has 0 heterocycles. The summed E-state index contributed by atoms with van der Waals surface area (Å²) < 4.78 is 5.15. The van der Waals surface area contributed by atoms with Crippen LogP contribution in [0.2, 0.25) is 0 Å². The van der Waals surface area contributed by atoms with Crippen LogP contribution in [-0.2, 0) is 4.74 Å². The van der Waals surface area contributed by atoms with Gasteiger partial charge in [-0.3, -0.25) is 0 Å². The molecule has 1 rings (SSSR count). The maximum atomic E-state index is 5.15. The van der Waals surface area contributed by atoms with Gasteiger partial charge in [0.15, 0.2) is 0 Å². The van der Waals surface area contributed by atoms with Crippen molar-refractivity contribution in [2.75, 3.05) is 40.9 Å².